The van der Waals surface area contributed by atoms with Crippen molar-refractivity contribution in [3.05, 3.63) is 51.1 Å². The van der Waals surface area contributed by atoms with Crippen LogP contribution < -0.4 is 10.9 Å². The molecule has 0 aromatic carbocycles. The van der Waals surface area contributed by atoms with Gasteiger partial charge in [-0.2, -0.15) is 4.31 Å². The van der Waals surface area contributed by atoms with Gasteiger partial charge in [-0.3, -0.25) is 9.59 Å². The van der Waals surface area contributed by atoms with E-state index in [9.17, 15) is 18.0 Å². The molecule has 1 amide bonds. The Morgan fingerprint density at radius 1 is 1.24 bits per heavy atom. The van der Waals surface area contributed by atoms with E-state index >= 15 is 0 Å². The van der Waals surface area contributed by atoms with E-state index in [4.69, 9.17) is 0 Å². The van der Waals surface area contributed by atoms with Crippen LogP contribution in [0.15, 0.2) is 45.5 Å². The predicted molar refractivity (Wildman–Crippen MR) is 97.0 cm³/mol. The van der Waals surface area contributed by atoms with Crippen molar-refractivity contribution in [2.75, 3.05) is 13.1 Å². The molecule has 2 aromatic heterocycles. The highest BCUT2D eigenvalue weighted by atomic mass is 32.2. The second-order valence-electron chi connectivity index (χ2n) is 5.28. The molecule has 0 fully saturated rings. The van der Waals surface area contributed by atoms with Gasteiger partial charge in [0.2, 0.25) is 15.9 Å². The largest absolute Gasteiger partial charge is 0.350 e. The van der Waals surface area contributed by atoms with Crippen LogP contribution in [0.5, 0.6) is 0 Å². The molecule has 0 aliphatic rings. The van der Waals surface area contributed by atoms with Crippen LogP contribution in [0.2, 0.25) is 0 Å². The van der Waals surface area contributed by atoms with Gasteiger partial charge in [-0.15, -0.1) is 11.3 Å². The molecule has 9 heteroatoms. The van der Waals surface area contributed by atoms with Gasteiger partial charge < -0.3 is 9.88 Å². The smallest absolute Gasteiger partial charge is 0.251 e. The number of sulfonamides is 1. The predicted octanol–water partition coefficient (Wildman–Crippen LogP) is 1.26. The fourth-order valence-electron chi connectivity index (χ4n) is 2.31. The first-order valence-electron chi connectivity index (χ1n) is 7.88. The Kier molecular flexibility index (Phi) is 6.51. The Balaban J connectivity index is 2.16. The normalized spacial score (nSPS) is 11.6. The second kappa shape index (κ2) is 8.41. The summed E-state index contributed by atoms with van der Waals surface area (Å²) in [6.45, 7) is 4.30. The molecule has 2 rings (SSSR count). The maximum atomic E-state index is 12.5. The van der Waals surface area contributed by atoms with E-state index in [0.717, 1.165) is 9.44 Å². The van der Waals surface area contributed by atoms with Crippen LogP contribution in [-0.4, -0.2) is 36.3 Å². The monoisotopic (exact) mass is 383 g/mol. The zero-order chi connectivity index (χ0) is 18.4. The van der Waals surface area contributed by atoms with Crippen LogP contribution in [-0.2, 0) is 27.9 Å². The number of hydrogen-bond acceptors (Lipinski definition) is 5. The summed E-state index contributed by atoms with van der Waals surface area (Å²) in [5.41, 5.74) is -0.426. The van der Waals surface area contributed by atoms with Gasteiger partial charge >= 0.3 is 0 Å². The molecule has 0 spiro atoms. The SMILES string of the molecule is CCN(CC)S(=O)(=O)c1ccc(=O)n(CC(=O)NCc2cccs2)c1. The van der Waals surface area contributed by atoms with Gasteiger partial charge in [-0.05, 0) is 17.5 Å². The lowest BCUT2D eigenvalue weighted by molar-refractivity contribution is -0.121. The quantitative estimate of drug-likeness (QED) is 0.743. The lowest BCUT2D eigenvalue weighted by Gasteiger charge is -2.19. The molecule has 136 valence electrons. The molecule has 7 nitrogen and oxygen atoms in total. The summed E-state index contributed by atoms with van der Waals surface area (Å²) in [7, 11) is -3.68. The Bertz CT molecular complexity index is 869. The van der Waals surface area contributed by atoms with E-state index < -0.39 is 15.6 Å². The zero-order valence-corrected chi connectivity index (χ0v) is 15.8. The van der Waals surface area contributed by atoms with Gasteiger partial charge in [0.25, 0.3) is 5.56 Å². The van der Waals surface area contributed by atoms with Crippen molar-refractivity contribution >= 4 is 27.3 Å². The number of nitrogens with zero attached hydrogens (tertiary/aromatic N) is 2. The van der Waals surface area contributed by atoms with Crippen molar-refractivity contribution < 1.29 is 13.2 Å². The maximum absolute atomic E-state index is 12.5. The van der Waals surface area contributed by atoms with Crippen LogP contribution in [0.1, 0.15) is 18.7 Å². The van der Waals surface area contributed by atoms with Crippen LogP contribution in [0.3, 0.4) is 0 Å². The molecule has 0 radical (unpaired) electrons. The summed E-state index contributed by atoms with van der Waals surface area (Å²) in [4.78, 5) is 25.0. The van der Waals surface area contributed by atoms with Crippen LogP contribution in [0.25, 0.3) is 0 Å². The Labute approximate surface area is 151 Å². The number of carbonyl (C=O) groups is 1. The third-order valence-electron chi connectivity index (χ3n) is 3.65. The maximum Gasteiger partial charge on any atom is 0.251 e. The Morgan fingerprint density at radius 3 is 2.56 bits per heavy atom. The third-order valence-corrected chi connectivity index (χ3v) is 6.56. The second-order valence-corrected chi connectivity index (χ2v) is 8.25. The lowest BCUT2D eigenvalue weighted by Crippen LogP contribution is -2.34. The summed E-state index contributed by atoms with van der Waals surface area (Å²) in [5.74, 6) is -0.354. The minimum Gasteiger partial charge on any atom is -0.350 e. The molecular weight excluding hydrogens is 362 g/mol. The molecule has 0 aliphatic carbocycles. The number of pyridine rings is 1. The van der Waals surface area contributed by atoms with Gasteiger partial charge in [0.1, 0.15) is 6.54 Å². The minimum atomic E-state index is -3.68. The molecule has 0 saturated heterocycles. The number of thiophene rings is 1. The van der Waals surface area contributed by atoms with Crippen LogP contribution in [0, 0.1) is 0 Å². The first-order chi connectivity index (χ1) is 11.9. The molecule has 2 heterocycles. The highest BCUT2D eigenvalue weighted by molar-refractivity contribution is 7.89. The molecule has 1 N–H and O–H groups in total. The highest BCUT2D eigenvalue weighted by Gasteiger charge is 2.22. The lowest BCUT2D eigenvalue weighted by atomic mass is 10.4. The summed E-state index contributed by atoms with van der Waals surface area (Å²) >= 11 is 1.52. The van der Waals surface area contributed by atoms with Crippen molar-refractivity contribution in [3.63, 3.8) is 0 Å². The van der Waals surface area contributed by atoms with Gasteiger partial charge in [-0.25, -0.2) is 8.42 Å². The minimum absolute atomic E-state index is 0.00172. The highest BCUT2D eigenvalue weighted by Crippen LogP contribution is 2.13. The zero-order valence-electron chi connectivity index (χ0n) is 14.1. The number of aromatic nitrogens is 1. The van der Waals surface area contributed by atoms with Crippen LogP contribution >= 0.6 is 11.3 Å². The van der Waals surface area contributed by atoms with E-state index in [1.54, 1.807) is 13.8 Å². The summed E-state index contributed by atoms with van der Waals surface area (Å²) in [5, 5.41) is 4.63. The number of carbonyl (C=O) groups excluding carboxylic acids is 1. The van der Waals surface area contributed by atoms with Crippen molar-refractivity contribution in [1.82, 2.24) is 14.2 Å². The molecular formula is C16H21N3O4S2. The molecule has 0 bridgehead atoms. The summed E-state index contributed by atoms with van der Waals surface area (Å²) in [6.07, 6.45) is 1.22. The van der Waals surface area contributed by atoms with Gasteiger partial charge in [-0.1, -0.05) is 19.9 Å². The van der Waals surface area contributed by atoms with E-state index in [1.807, 2.05) is 17.5 Å². The number of rotatable bonds is 8. The first kappa shape index (κ1) is 19.4. The molecule has 25 heavy (non-hydrogen) atoms. The van der Waals surface area contributed by atoms with Crippen molar-refractivity contribution in [3.8, 4) is 0 Å². The Morgan fingerprint density at radius 2 is 1.96 bits per heavy atom. The molecule has 0 aliphatic heterocycles. The van der Waals surface area contributed by atoms with Gasteiger partial charge in [0, 0.05) is 30.2 Å². The molecule has 0 atom stereocenters. The van der Waals surface area contributed by atoms with Gasteiger partial charge in [0.15, 0.2) is 0 Å². The van der Waals surface area contributed by atoms with Crippen LogP contribution in [0.4, 0.5) is 0 Å². The number of amides is 1. The van der Waals surface area contributed by atoms with E-state index in [2.05, 4.69) is 5.32 Å². The third kappa shape index (κ3) is 4.77. The van der Waals surface area contributed by atoms with Gasteiger partial charge in [0.05, 0.1) is 11.4 Å². The molecule has 0 unspecified atom stereocenters. The fourth-order valence-corrected chi connectivity index (χ4v) is 4.43. The summed E-state index contributed by atoms with van der Waals surface area (Å²) < 4.78 is 27.5. The van der Waals surface area contributed by atoms with Crippen molar-refractivity contribution in [2.24, 2.45) is 0 Å². The Hall–Kier alpha value is -1.97. The average molecular weight is 383 g/mol. The number of hydrogen-bond donors (Lipinski definition) is 1. The molecule has 2 aromatic rings. The number of nitrogens with one attached hydrogen (secondary N) is 1. The van der Waals surface area contributed by atoms with E-state index in [0.29, 0.717) is 19.6 Å². The fraction of sp³-hybridized carbons (Fsp3) is 0.375. The average Bonchev–Trinajstić information content (AvgIpc) is 3.09. The van der Waals surface area contributed by atoms with Crippen molar-refractivity contribution in [2.45, 2.75) is 31.8 Å². The first-order valence-corrected chi connectivity index (χ1v) is 10.2. The van der Waals surface area contributed by atoms with Crippen molar-refractivity contribution in [1.29, 1.82) is 0 Å². The summed E-state index contributed by atoms with van der Waals surface area (Å²) in [6, 6.07) is 6.23. The molecule has 0 saturated carbocycles. The standard InChI is InChI=1S/C16H21N3O4S2/c1-3-19(4-2)25(22,23)14-7-8-16(21)18(11-14)12-15(20)17-10-13-6-5-9-24-13/h5-9,11H,3-4,10,12H2,1-2H3,(H,17,20). The topological polar surface area (TPSA) is 88.5 Å². The van der Waals surface area contributed by atoms with E-state index in [1.165, 1.54) is 34.0 Å². The van der Waals surface area contributed by atoms with E-state index in [-0.39, 0.29) is 17.3 Å².